The van der Waals surface area contributed by atoms with Crippen molar-refractivity contribution in [1.82, 2.24) is 15.2 Å². The number of piperidine rings is 1. The molecule has 3 rings (SSSR count). The number of benzene rings is 1. The number of aromatic nitrogens is 1. The van der Waals surface area contributed by atoms with E-state index in [9.17, 15) is 9.18 Å². The van der Waals surface area contributed by atoms with E-state index < -0.39 is 56.7 Å². The summed E-state index contributed by atoms with van der Waals surface area (Å²) in [6.07, 6.45) is 0.507. The van der Waals surface area contributed by atoms with Crippen molar-refractivity contribution in [3.63, 3.8) is 0 Å². The fraction of sp³-hybridized carbons (Fsp3) is 0.400. The molecule has 22 radical (unpaired) electrons. The van der Waals surface area contributed by atoms with Crippen LogP contribution in [0.2, 0.25) is 10.2 Å². The number of rotatable bonds is 6. The third kappa shape index (κ3) is 5.23. The van der Waals surface area contributed by atoms with Gasteiger partial charge in [0.05, 0.1) is 91.3 Å². The molecule has 4 nitrogen and oxygen atoms in total. The molecular weight excluding hydrogens is 491 g/mol. The predicted molar refractivity (Wildman–Crippen MR) is 153 cm³/mol. The number of halogens is 3. The number of hydrogen-bond donors (Lipinski definition) is 1. The molecule has 2 aromatic rings. The minimum atomic E-state index is -3.05. The van der Waals surface area contributed by atoms with Gasteiger partial charge < -0.3 is 10.2 Å². The quantitative estimate of drug-likeness (QED) is 0.476. The maximum Gasteiger partial charge on any atom is 0.252 e. The lowest BCUT2D eigenvalue weighted by Crippen LogP contribution is -2.80. The average molecular weight is 502 g/mol. The van der Waals surface area contributed by atoms with Crippen LogP contribution in [0.4, 0.5) is 8.78 Å². The van der Waals surface area contributed by atoms with E-state index in [1.54, 1.807) is 0 Å². The first kappa shape index (κ1) is 31.2. The summed E-state index contributed by atoms with van der Waals surface area (Å²) < 4.78 is 30.3. The van der Waals surface area contributed by atoms with Crippen LogP contribution in [0, 0.1) is 5.82 Å². The number of carbonyl (C=O) groups excluding carboxylic acids is 1. The summed E-state index contributed by atoms with van der Waals surface area (Å²) in [4.78, 5) is 18.0. The van der Waals surface area contributed by atoms with Crippen LogP contribution in [0.25, 0.3) is 0 Å². The number of carbonyl (C=O) groups is 1. The van der Waals surface area contributed by atoms with E-state index in [1.165, 1.54) is 18.3 Å². The molecule has 1 aromatic heterocycles. The Bertz CT molecular complexity index is 1230. The Hall–Kier alpha value is -1.34. The first-order valence-electron chi connectivity index (χ1n) is 11.0. The number of nitrogens with one attached hydrogen (secondary N) is 1. The van der Waals surface area contributed by atoms with E-state index in [1.807, 2.05) is 0 Å². The van der Waals surface area contributed by atoms with Gasteiger partial charge in [0.15, 0.2) is 0 Å². The van der Waals surface area contributed by atoms with Crippen molar-refractivity contribution in [2.24, 2.45) is 0 Å². The zero-order valence-corrected chi connectivity index (χ0v) is 20.9. The molecule has 1 aromatic carbocycles. The number of nitrogens with zero attached hydrogens (tertiary/aromatic N) is 2. The van der Waals surface area contributed by atoms with Gasteiger partial charge in [0.1, 0.15) is 11.5 Å². The second-order valence-corrected chi connectivity index (χ2v) is 9.97. The first-order valence-corrected chi connectivity index (χ1v) is 11.4. The predicted octanol–water partition coefficient (Wildman–Crippen LogP) is -1.78. The molecule has 1 N–H and O–H groups in total. The maximum atomic E-state index is 16.7. The van der Waals surface area contributed by atoms with E-state index >= 15 is 4.39 Å². The normalized spacial score (nSPS) is 21.6. The first-order chi connectivity index (χ1) is 17.1. The summed E-state index contributed by atoms with van der Waals surface area (Å²) in [6, 6.07) is 5.80. The molecule has 1 fully saturated rings. The van der Waals surface area contributed by atoms with Crippen molar-refractivity contribution >= 4 is 104 Å². The third-order valence-electron chi connectivity index (χ3n) is 6.61. The van der Waals surface area contributed by atoms with E-state index in [0.717, 1.165) is 23.1 Å². The van der Waals surface area contributed by atoms with Crippen molar-refractivity contribution in [2.75, 3.05) is 6.54 Å². The van der Waals surface area contributed by atoms with Gasteiger partial charge in [-0.2, -0.15) is 0 Å². The Morgan fingerprint density at radius 3 is 2.13 bits per heavy atom. The minimum absolute atomic E-state index is 0.0819. The molecule has 0 saturated carbocycles. The molecule has 0 spiro atoms. The second kappa shape index (κ2) is 9.94. The molecule has 1 amide bonds. The summed E-state index contributed by atoms with van der Waals surface area (Å²) in [5.74, 6) is -1.63. The van der Waals surface area contributed by atoms with Crippen LogP contribution in [0.15, 0.2) is 36.5 Å². The average Bonchev–Trinajstić information content (AvgIpc) is 2.78. The lowest BCUT2D eigenvalue weighted by Gasteiger charge is -2.67. The van der Waals surface area contributed by atoms with Crippen molar-refractivity contribution in [3.05, 3.63) is 64.2 Å². The molecule has 1 saturated heterocycles. The number of hydrogen-bond acceptors (Lipinski definition) is 3. The zero-order valence-electron chi connectivity index (χ0n) is 20.2. The summed E-state index contributed by atoms with van der Waals surface area (Å²) in [5.41, 5.74) is -3.02. The summed E-state index contributed by atoms with van der Waals surface area (Å²) in [6.45, 7) is -0.480. The number of likely N-dealkylation sites (tertiary alicyclic amines) is 1. The number of amides is 1. The van der Waals surface area contributed by atoms with Gasteiger partial charge in [-0.15, -0.1) is 5.11 Å². The Labute approximate surface area is 241 Å². The highest BCUT2D eigenvalue weighted by Gasteiger charge is 2.63. The van der Waals surface area contributed by atoms with Gasteiger partial charge in [-0.25, -0.2) is 8.78 Å². The lowest BCUT2D eigenvalue weighted by molar-refractivity contribution is -0.00346. The van der Waals surface area contributed by atoms with Crippen LogP contribution >= 0.6 is 11.6 Å². The van der Waals surface area contributed by atoms with Crippen LogP contribution in [0.3, 0.4) is 0 Å². The van der Waals surface area contributed by atoms with Crippen LogP contribution in [0.5, 0.6) is 0 Å². The number of alkyl halides is 1. The van der Waals surface area contributed by atoms with E-state index in [0.29, 0.717) is 0 Å². The highest BCUT2D eigenvalue weighted by Crippen LogP contribution is 2.55. The SMILES string of the molecule is [B]C([B])([B])c1ccc(C([B])([B])NC([B])([B])C2(F)CCN(C(=O)c3ccc(F)c(Cl)c3)C([B])([B])C2([B])[B])nc1. The van der Waals surface area contributed by atoms with E-state index in [-0.39, 0.29) is 21.8 Å². The minimum Gasteiger partial charge on any atom is -0.351 e. The maximum absolute atomic E-state index is 16.7. The van der Waals surface area contributed by atoms with Crippen molar-refractivity contribution < 1.29 is 13.6 Å². The van der Waals surface area contributed by atoms with Gasteiger partial charge >= 0.3 is 0 Å². The highest BCUT2D eigenvalue weighted by molar-refractivity contribution is 6.59. The Morgan fingerprint density at radius 2 is 1.63 bits per heavy atom. The molecular formula is C20H11B11ClF2N3O. The van der Waals surface area contributed by atoms with Gasteiger partial charge in [0.25, 0.3) is 5.91 Å². The third-order valence-corrected chi connectivity index (χ3v) is 6.90. The molecule has 1 unspecified atom stereocenters. The molecule has 0 bridgehead atoms. The Morgan fingerprint density at radius 1 is 1.03 bits per heavy atom. The van der Waals surface area contributed by atoms with Gasteiger partial charge in [-0.05, 0) is 52.3 Å². The molecule has 38 heavy (non-hydrogen) atoms. The smallest absolute Gasteiger partial charge is 0.252 e. The molecule has 1 aliphatic heterocycles. The lowest BCUT2D eigenvalue weighted by atomic mass is 9.23. The fourth-order valence-corrected chi connectivity index (χ4v) is 4.38. The van der Waals surface area contributed by atoms with Gasteiger partial charge in [-0.1, -0.05) is 22.9 Å². The largest absolute Gasteiger partial charge is 0.351 e. The van der Waals surface area contributed by atoms with E-state index in [2.05, 4.69) is 10.3 Å². The van der Waals surface area contributed by atoms with E-state index in [4.69, 9.17) is 97.9 Å². The van der Waals surface area contributed by atoms with Gasteiger partial charge in [-0.3, -0.25) is 9.78 Å². The Kier molecular flexibility index (Phi) is 8.16. The van der Waals surface area contributed by atoms with Crippen molar-refractivity contribution in [3.8, 4) is 0 Å². The van der Waals surface area contributed by atoms with Gasteiger partial charge in [0, 0.05) is 24.0 Å². The Balaban J connectivity index is 1.93. The molecule has 2 heterocycles. The van der Waals surface area contributed by atoms with Gasteiger partial charge in [0.2, 0.25) is 0 Å². The summed E-state index contributed by atoms with van der Waals surface area (Å²) in [7, 11) is 65.9. The van der Waals surface area contributed by atoms with Crippen LogP contribution in [-0.2, 0) is 10.5 Å². The molecule has 1 atom stereocenters. The fourth-order valence-electron chi connectivity index (χ4n) is 4.20. The molecule has 1 aliphatic rings. The highest BCUT2D eigenvalue weighted by atomic mass is 35.5. The molecule has 166 valence electrons. The van der Waals surface area contributed by atoms with Crippen LogP contribution in [0.1, 0.15) is 28.0 Å². The summed E-state index contributed by atoms with van der Waals surface area (Å²) >= 11 is 5.77. The molecule has 18 heteroatoms. The zero-order chi connectivity index (χ0) is 29.1. The topological polar surface area (TPSA) is 45.2 Å². The van der Waals surface area contributed by atoms with Crippen LogP contribution < -0.4 is 5.32 Å². The van der Waals surface area contributed by atoms with Crippen molar-refractivity contribution in [2.45, 2.75) is 38.4 Å². The second-order valence-electron chi connectivity index (χ2n) is 9.56. The van der Waals surface area contributed by atoms with Crippen molar-refractivity contribution in [1.29, 1.82) is 0 Å². The number of pyridine rings is 1. The standard InChI is InChI=1S/C20H11B11ClF2N3O/c21-16(22,23)10-2-4-13(35-8-10)17(24,25)36-19(28,29)15(34)5-6-37(20(30,31)18(15,26)27)14(38)9-1-3-12(33)11(32)7-9/h1-4,7-8,36H,5-6H2. The van der Waals surface area contributed by atoms with Crippen LogP contribution in [-0.4, -0.2) is 125 Å². The monoisotopic (exact) mass is 503 g/mol. The molecule has 0 aliphatic carbocycles. The summed E-state index contributed by atoms with van der Waals surface area (Å²) in [5, 5.41) is -10.0.